The molecule has 0 amide bonds. The van der Waals surface area contributed by atoms with Gasteiger partial charge in [-0.05, 0) is 6.92 Å². The van der Waals surface area contributed by atoms with Crippen LogP contribution in [0.5, 0.6) is 0 Å². The summed E-state index contributed by atoms with van der Waals surface area (Å²) >= 11 is 0. The maximum Gasteiger partial charge on any atom is 0.394 e. The Kier molecular flexibility index (Phi) is 8.25. The molecule has 0 aliphatic carbocycles. The molecule has 0 unspecified atom stereocenters. The van der Waals surface area contributed by atoms with Crippen LogP contribution in [-0.2, 0) is 19.9 Å². The van der Waals surface area contributed by atoms with E-state index in [0.717, 1.165) is 0 Å². The van der Waals surface area contributed by atoms with Crippen molar-refractivity contribution in [2.24, 2.45) is 5.73 Å². The van der Waals surface area contributed by atoms with Gasteiger partial charge in [0, 0.05) is 12.1 Å². The van der Waals surface area contributed by atoms with E-state index < -0.39 is 10.4 Å². The summed E-state index contributed by atoms with van der Waals surface area (Å²) in [6, 6.07) is 0. The summed E-state index contributed by atoms with van der Waals surface area (Å²) in [4.78, 5) is 10.5. The minimum Gasteiger partial charge on any atom is -0.461 e. The van der Waals surface area contributed by atoms with Crippen LogP contribution in [0.1, 0.15) is 6.92 Å². The van der Waals surface area contributed by atoms with E-state index in [1.54, 1.807) is 6.92 Å². The van der Waals surface area contributed by atoms with Gasteiger partial charge in [-0.1, -0.05) is 6.58 Å². The quantitative estimate of drug-likeness (QED) is 0.334. The number of carbonyl (C=O) groups is 1. The summed E-state index contributed by atoms with van der Waals surface area (Å²) in [7, 11) is -4.67. The Morgan fingerprint density at radius 1 is 1.50 bits per heavy atom. The minimum atomic E-state index is -4.67. The molecule has 8 heteroatoms. The van der Waals surface area contributed by atoms with Crippen LogP contribution in [0.3, 0.4) is 0 Å². The molecule has 0 rings (SSSR count). The summed E-state index contributed by atoms with van der Waals surface area (Å²) in [5.41, 5.74) is 5.48. The molecule has 14 heavy (non-hydrogen) atoms. The van der Waals surface area contributed by atoms with E-state index in [2.05, 4.69) is 11.3 Å². The fraction of sp³-hybridized carbons (Fsp3) is 0.500. The Morgan fingerprint density at radius 2 is 1.86 bits per heavy atom. The van der Waals surface area contributed by atoms with Crippen molar-refractivity contribution in [3.63, 3.8) is 0 Å². The average molecular weight is 227 g/mol. The number of carbonyl (C=O) groups excluding carboxylic acids is 1. The lowest BCUT2D eigenvalue weighted by Gasteiger charge is -1.99. The van der Waals surface area contributed by atoms with Crippen LogP contribution < -0.4 is 5.73 Å². The first-order valence-electron chi connectivity index (χ1n) is 3.41. The van der Waals surface area contributed by atoms with Crippen molar-refractivity contribution < 1.29 is 27.1 Å². The zero-order valence-corrected chi connectivity index (χ0v) is 8.45. The molecule has 0 saturated carbocycles. The van der Waals surface area contributed by atoms with Crippen molar-refractivity contribution >= 4 is 16.4 Å². The number of hydrogen-bond donors (Lipinski definition) is 3. The van der Waals surface area contributed by atoms with Crippen molar-refractivity contribution in [1.82, 2.24) is 0 Å². The van der Waals surface area contributed by atoms with Gasteiger partial charge in [0.25, 0.3) is 0 Å². The second-order valence-electron chi connectivity index (χ2n) is 2.15. The Balaban J connectivity index is 0. The molecule has 84 valence electrons. The van der Waals surface area contributed by atoms with Gasteiger partial charge in [-0.15, -0.1) is 0 Å². The smallest absolute Gasteiger partial charge is 0.394 e. The SMILES string of the molecule is C=C(C)C(=O)OCCN.O=S(=O)(O)O. The second-order valence-corrected chi connectivity index (χ2v) is 3.05. The zero-order chi connectivity index (χ0) is 11.8. The fourth-order valence-corrected chi connectivity index (χ4v) is 0.275. The molecule has 0 radical (unpaired) electrons. The molecule has 0 heterocycles. The van der Waals surface area contributed by atoms with Crippen LogP contribution in [0.15, 0.2) is 12.2 Å². The van der Waals surface area contributed by atoms with Crippen LogP contribution in [0.2, 0.25) is 0 Å². The Morgan fingerprint density at radius 3 is 2.07 bits per heavy atom. The summed E-state index contributed by atoms with van der Waals surface area (Å²) in [5, 5.41) is 0. The van der Waals surface area contributed by atoms with Crippen LogP contribution in [0, 0.1) is 0 Å². The summed E-state index contributed by atoms with van der Waals surface area (Å²) in [6.07, 6.45) is 0. The third kappa shape index (κ3) is 22.5. The molecule has 0 saturated heterocycles. The Bertz CT molecular complexity index is 275. The lowest BCUT2D eigenvalue weighted by atomic mass is 10.4. The third-order valence-electron chi connectivity index (χ3n) is 0.699. The normalized spacial score (nSPS) is 9.71. The summed E-state index contributed by atoms with van der Waals surface area (Å²) in [6.45, 7) is 5.62. The molecule has 0 atom stereocenters. The van der Waals surface area contributed by atoms with E-state index in [0.29, 0.717) is 12.1 Å². The number of nitrogens with two attached hydrogens (primary N) is 1. The van der Waals surface area contributed by atoms with Gasteiger partial charge < -0.3 is 10.5 Å². The second kappa shape index (κ2) is 7.44. The van der Waals surface area contributed by atoms with Crippen LogP contribution >= 0.6 is 0 Å². The lowest BCUT2D eigenvalue weighted by Crippen LogP contribution is -2.13. The van der Waals surface area contributed by atoms with E-state index in [1.165, 1.54) is 0 Å². The largest absolute Gasteiger partial charge is 0.461 e. The Hall–Kier alpha value is -0.960. The standard InChI is InChI=1S/C6H11NO2.H2O4S/c1-5(2)6(8)9-4-3-7;1-5(2,3)4/h1,3-4,7H2,2H3;(H2,1,2,3,4). The maximum atomic E-state index is 10.5. The topological polar surface area (TPSA) is 127 Å². The monoisotopic (exact) mass is 227 g/mol. The van der Waals surface area contributed by atoms with E-state index >= 15 is 0 Å². The molecule has 0 aliphatic heterocycles. The molecule has 7 nitrogen and oxygen atoms in total. The van der Waals surface area contributed by atoms with Crippen molar-refractivity contribution in [2.45, 2.75) is 6.92 Å². The first-order chi connectivity index (χ1) is 6.18. The molecular weight excluding hydrogens is 214 g/mol. The number of rotatable bonds is 3. The summed E-state index contributed by atoms with van der Waals surface area (Å²) < 4.78 is 36.2. The van der Waals surface area contributed by atoms with E-state index in [1.807, 2.05) is 0 Å². The molecule has 0 aromatic heterocycles. The van der Waals surface area contributed by atoms with Crippen molar-refractivity contribution in [1.29, 1.82) is 0 Å². The molecule has 4 N–H and O–H groups in total. The number of hydrogen-bond acceptors (Lipinski definition) is 5. The van der Waals surface area contributed by atoms with Crippen molar-refractivity contribution in [2.75, 3.05) is 13.2 Å². The highest BCUT2D eigenvalue weighted by atomic mass is 32.3. The summed E-state index contributed by atoms with van der Waals surface area (Å²) in [5.74, 6) is -0.375. The molecule has 0 aliphatic rings. The minimum absolute atomic E-state index is 0.270. The van der Waals surface area contributed by atoms with E-state index in [-0.39, 0.29) is 12.6 Å². The van der Waals surface area contributed by atoms with Gasteiger partial charge in [-0.25, -0.2) is 4.79 Å². The highest BCUT2D eigenvalue weighted by Crippen LogP contribution is 1.89. The molecule has 0 spiro atoms. The highest BCUT2D eigenvalue weighted by molar-refractivity contribution is 7.79. The van der Waals surface area contributed by atoms with Gasteiger partial charge in [0.1, 0.15) is 6.61 Å². The maximum absolute atomic E-state index is 10.5. The van der Waals surface area contributed by atoms with E-state index in [4.69, 9.17) is 23.3 Å². The molecular formula is C6H13NO6S. The van der Waals surface area contributed by atoms with Crippen LogP contribution in [0.25, 0.3) is 0 Å². The third-order valence-corrected chi connectivity index (χ3v) is 0.699. The molecule has 0 fully saturated rings. The van der Waals surface area contributed by atoms with Crippen LogP contribution in [0.4, 0.5) is 0 Å². The van der Waals surface area contributed by atoms with Gasteiger partial charge in [0.15, 0.2) is 0 Å². The van der Waals surface area contributed by atoms with Crippen molar-refractivity contribution in [3.8, 4) is 0 Å². The van der Waals surface area contributed by atoms with Gasteiger partial charge in [0.05, 0.1) is 0 Å². The van der Waals surface area contributed by atoms with Gasteiger partial charge in [-0.2, -0.15) is 8.42 Å². The molecule has 0 aromatic rings. The van der Waals surface area contributed by atoms with Crippen molar-refractivity contribution in [3.05, 3.63) is 12.2 Å². The predicted octanol–water partition coefficient (Wildman–Crippen LogP) is -0.588. The first kappa shape index (κ1) is 15.5. The number of ether oxygens (including phenoxy) is 1. The number of esters is 1. The predicted molar refractivity (Wildman–Crippen MR) is 49.0 cm³/mol. The molecule has 0 bridgehead atoms. The zero-order valence-electron chi connectivity index (χ0n) is 7.63. The van der Waals surface area contributed by atoms with E-state index in [9.17, 15) is 4.79 Å². The van der Waals surface area contributed by atoms with Crippen LogP contribution in [-0.4, -0.2) is 36.6 Å². The van der Waals surface area contributed by atoms with Gasteiger partial charge >= 0.3 is 16.4 Å². The average Bonchev–Trinajstić information content (AvgIpc) is 1.96. The first-order valence-corrected chi connectivity index (χ1v) is 4.80. The fourth-order valence-electron chi connectivity index (χ4n) is 0.275. The van der Waals surface area contributed by atoms with Gasteiger partial charge in [-0.3, -0.25) is 9.11 Å². The molecule has 0 aromatic carbocycles. The lowest BCUT2D eigenvalue weighted by molar-refractivity contribution is -0.138. The van der Waals surface area contributed by atoms with Gasteiger partial charge in [0.2, 0.25) is 0 Å². The highest BCUT2D eigenvalue weighted by Gasteiger charge is 1.99. The Labute approximate surface area is 82.1 Å².